The smallest absolute Gasteiger partial charge is 0.123 e. The predicted octanol–water partition coefficient (Wildman–Crippen LogP) is 2.74. The minimum atomic E-state index is -0.175. The highest BCUT2D eigenvalue weighted by molar-refractivity contribution is 7.99. The maximum atomic E-state index is 13.5. The molecule has 5 heteroatoms. The summed E-state index contributed by atoms with van der Waals surface area (Å²) in [6.07, 6.45) is 2.76. The highest BCUT2D eigenvalue weighted by Gasteiger charge is 2.33. The summed E-state index contributed by atoms with van der Waals surface area (Å²) in [6, 6.07) is 5.24. The summed E-state index contributed by atoms with van der Waals surface area (Å²) in [6.45, 7) is 2.38. The number of thioether (sulfide) groups is 1. The van der Waals surface area contributed by atoms with E-state index in [1.807, 2.05) is 6.07 Å². The van der Waals surface area contributed by atoms with Gasteiger partial charge in [-0.15, -0.1) is 11.8 Å². The lowest BCUT2D eigenvalue weighted by Gasteiger charge is -2.38. The van der Waals surface area contributed by atoms with Gasteiger partial charge in [0.15, 0.2) is 0 Å². The van der Waals surface area contributed by atoms with Gasteiger partial charge in [0.2, 0.25) is 0 Å². The third-order valence-corrected chi connectivity index (χ3v) is 5.75. The van der Waals surface area contributed by atoms with E-state index in [0.29, 0.717) is 13.2 Å². The van der Waals surface area contributed by atoms with Crippen molar-refractivity contribution in [2.45, 2.75) is 30.2 Å². The molecule has 0 radical (unpaired) electrons. The molecular formula is C16H22FNO2S. The first-order valence-corrected chi connectivity index (χ1v) is 8.55. The van der Waals surface area contributed by atoms with Gasteiger partial charge in [0.25, 0.3) is 0 Å². The lowest BCUT2D eigenvalue weighted by Crippen LogP contribution is -2.43. The maximum absolute atomic E-state index is 13.5. The largest absolute Gasteiger partial charge is 0.396 e. The zero-order valence-electron chi connectivity index (χ0n) is 12.1. The molecule has 3 rings (SSSR count). The lowest BCUT2D eigenvalue weighted by atomic mass is 9.80. The number of aliphatic hydroxyl groups excluding tert-OH is 1. The SMILES string of the molecule is OCC1(CNC2CCSc3ccc(F)cc32)CCOCC1. The molecule has 1 aromatic rings. The molecule has 1 atom stereocenters. The number of hydrogen-bond donors (Lipinski definition) is 2. The van der Waals surface area contributed by atoms with Gasteiger partial charge in [-0.1, -0.05) is 0 Å². The Balaban J connectivity index is 1.70. The van der Waals surface area contributed by atoms with Crippen molar-refractivity contribution in [2.75, 3.05) is 32.1 Å². The van der Waals surface area contributed by atoms with Crippen LogP contribution in [-0.4, -0.2) is 37.2 Å². The molecule has 0 spiro atoms. The number of hydrogen-bond acceptors (Lipinski definition) is 4. The van der Waals surface area contributed by atoms with Gasteiger partial charge in [-0.25, -0.2) is 4.39 Å². The summed E-state index contributed by atoms with van der Waals surface area (Å²) in [5.74, 6) is 0.872. The van der Waals surface area contributed by atoms with Crippen LogP contribution in [0.4, 0.5) is 4.39 Å². The Morgan fingerprint density at radius 1 is 1.38 bits per heavy atom. The van der Waals surface area contributed by atoms with Crippen molar-refractivity contribution in [1.29, 1.82) is 0 Å². The minimum absolute atomic E-state index is 0.0870. The van der Waals surface area contributed by atoms with Gasteiger partial charge in [-0.2, -0.15) is 0 Å². The molecule has 116 valence electrons. The Labute approximate surface area is 129 Å². The molecule has 0 aliphatic carbocycles. The Morgan fingerprint density at radius 2 is 2.19 bits per heavy atom. The summed E-state index contributed by atoms with van der Waals surface area (Å²) in [5.41, 5.74) is 0.975. The number of ether oxygens (including phenoxy) is 1. The van der Waals surface area contributed by atoms with E-state index in [2.05, 4.69) is 5.32 Å². The van der Waals surface area contributed by atoms with E-state index in [1.54, 1.807) is 17.8 Å². The monoisotopic (exact) mass is 311 g/mol. The topological polar surface area (TPSA) is 41.5 Å². The highest BCUT2D eigenvalue weighted by atomic mass is 32.2. The van der Waals surface area contributed by atoms with Crippen LogP contribution in [0.3, 0.4) is 0 Å². The van der Waals surface area contributed by atoms with Crippen LogP contribution < -0.4 is 5.32 Å². The fourth-order valence-corrected chi connectivity index (χ4v) is 4.22. The third kappa shape index (κ3) is 3.42. The van der Waals surface area contributed by atoms with Gasteiger partial charge < -0.3 is 15.2 Å². The molecular weight excluding hydrogens is 289 g/mol. The fourth-order valence-electron chi connectivity index (χ4n) is 3.11. The molecule has 0 bridgehead atoms. The van der Waals surface area contributed by atoms with Gasteiger partial charge in [0.05, 0.1) is 6.61 Å². The first kappa shape index (κ1) is 15.3. The van der Waals surface area contributed by atoms with Crippen LogP contribution in [0, 0.1) is 11.2 Å². The Morgan fingerprint density at radius 3 is 2.95 bits per heavy atom. The second-order valence-electron chi connectivity index (χ2n) is 6.02. The molecule has 2 aliphatic heterocycles. The minimum Gasteiger partial charge on any atom is -0.396 e. The van der Waals surface area contributed by atoms with E-state index < -0.39 is 0 Å². The van der Waals surface area contributed by atoms with Crippen LogP contribution in [0.5, 0.6) is 0 Å². The number of rotatable bonds is 4. The quantitative estimate of drug-likeness (QED) is 0.897. The summed E-state index contributed by atoms with van der Waals surface area (Å²) >= 11 is 1.79. The van der Waals surface area contributed by atoms with Crippen molar-refractivity contribution in [3.8, 4) is 0 Å². The van der Waals surface area contributed by atoms with E-state index in [1.165, 1.54) is 11.0 Å². The number of benzene rings is 1. The molecule has 21 heavy (non-hydrogen) atoms. The average Bonchev–Trinajstić information content (AvgIpc) is 2.54. The van der Waals surface area contributed by atoms with Crippen molar-refractivity contribution < 1.29 is 14.2 Å². The summed E-state index contributed by atoms with van der Waals surface area (Å²) in [5, 5.41) is 13.3. The normalized spacial score (nSPS) is 24.6. The van der Waals surface area contributed by atoms with Gasteiger partial charge in [-0.05, 0) is 48.8 Å². The van der Waals surface area contributed by atoms with Crippen molar-refractivity contribution in [1.82, 2.24) is 5.32 Å². The van der Waals surface area contributed by atoms with Crippen LogP contribution >= 0.6 is 11.8 Å². The molecule has 2 N–H and O–H groups in total. The summed E-state index contributed by atoms with van der Waals surface area (Å²) in [7, 11) is 0. The van der Waals surface area contributed by atoms with Crippen LogP contribution in [0.2, 0.25) is 0 Å². The number of halogens is 1. The van der Waals surface area contributed by atoms with Gasteiger partial charge in [-0.3, -0.25) is 0 Å². The van der Waals surface area contributed by atoms with Crippen LogP contribution in [0.1, 0.15) is 30.9 Å². The standard InChI is InChI=1S/C16H22FNO2S/c17-12-1-2-15-13(9-12)14(3-8-21-15)18-10-16(11-19)4-6-20-7-5-16/h1-2,9,14,18-19H,3-8,10-11H2. The van der Waals surface area contributed by atoms with Crippen molar-refractivity contribution in [2.24, 2.45) is 5.41 Å². The van der Waals surface area contributed by atoms with E-state index >= 15 is 0 Å². The Bertz CT molecular complexity index is 491. The van der Waals surface area contributed by atoms with Gasteiger partial charge in [0, 0.05) is 36.1 Å². The third-order valence-electron chi connectivity index (χ3n) is 4.62. The van der Waals surface area contributed by atoms with E-state index in [0.717, 1.165) is 37.1 Å². The molecule has 0 aromatic heterocycles. The maximum Gasteiger partial charge on any atom is 0.123 e. The predicted molar refractivity (Wildman–Crippen MR) is 82.1 cm³/mol. The molecule has 0 saturated carbocycles. The zero-order valence-corrected chi connectivity index (χ0v) is 12.9. The van der Waals surface area contributed by atoms with E-state index in [-0.39, 0.29) is 23.9 Å². The molecule has 3 nitrogen and oxygen atoms in total. The molecule has 0 amide bonds. The second-order valence-corrected chi connectivity index (χ2v) is 7.16. The molecule has 1 unspecified atom stereocenters. The zero-order chi connectivity index (χ0) is 14.7. The highest BCUT2D eigenvalue weighted by Crippen LogP contribution is 2.37. The summed E-state index contributed by atoms with van der Waals surface area (Å²) < 4.78 is 18.9. The Hall–Kier alpha value is -0.620. The number of aliphatic hydroxyl groups is 1. The fraction of sp³-hybridized carbons (Fsp3) is 0.625. The first-order valence-electron chi connectivity index (χ1n) is 7.57. The second kappa shape index (κ2) is 6.65. The van der Waals surface area contributed by atoms with Crippen molar-refractivity contribution in [3.63, 3.8) is 0 Å². The molecule has 2 aliphatic rings. The lowest BCUT2D eigenvalue weighted by molar-refractivity contribution is -0.0166. The first-order chi connectivity index (χ1) is 10.2. The van der Waals surface area contributed by atoms with Crippen molar-refractivity contribution >= 4 is 11.8 Å². The average molecular weight is 311 g/mol. The van der Waals surface area contributed by atoms with Gasteiger partial charge >= 0.3 is 0 Å². The number of nitrogens with one attached hydrogen (secondary N) is 1. The molecule has 1 aromatic carbocycles. The number of fused-ring (bicyclic) bond motifs is 1. The van der Waals surface area contributed by atoms with Gasteiger partial charge in [0.1, 0.15) is 5.82 Å². The van der Waals surface area contributed by atoms with Crippen LogP contribution in [0.15, 0.2) is 23.1 Å². The molecule has 1 saturated heterocycles. The van der Waals surface area contributed by atoms with Crippen molar-refractivity contribution in [3.05, 3.63) is 29.6 Å². The Kier molecular flexibility index (Phi) is 4.84. The molecule has 2 heterocycles. The van der Waals surface area contributed by atoms with E-state index in [9.17, 15) is 9.50 Å². The van der Waals surface area contributed by atoms with Crippen LogP contribution in [0.25, 0.3) is 0 Å². The van der Waals surface area contributed by atoms with E-state index in [4.69, 9.17) is 4.74 Å². The summed E-state index contributed by atoms with van der Waals surface area (Å²) in [4.78, 5) is 1.17. The molecule has 1 fully saturated rings. The van der Waals surface area contributed by atoms with Crippen LogP contribution in [-0.2, 0) is 4.74 Å².